The number of alkyl halides is 3. The van der Waals surface area contributed by atoms with Gasteiger partial charge in [0, 0.05) is 12.1 Å². The average molecular weight is 303 g/mol. The zero-order chi connectivity index (χ0) is 14.8. The van der Waals surface area contributed by atoms with Crippen LogP contribution in [0, 0.1) is 5.92 Å². The molecule has 1 fully saturated rings. The molecule has 0 unspecified atom stereocenters. The molecule has 1 aliphatic carbocycles. The van der Waals surface area contributed by atoms with E-state index in [9.17, 15) is 13.2 Å². The van der Waals surface area contributed by atoms with Gasteiger partial charge in [0.05, 0.1) is 12.7 Å². The molecule has 1 aromatic rings. The Kier molecular flexibility index (Phi) is 4.62. The van der Waals surface area contributed by atoms with Crippen LogP contribution in [0.25, 0.3) is 0 Å². The fraction of sp³-hybridized carbons (Fsp3) is 0.500. The summed E-state index contributed by atoms with van der Waals surface area (Å²) in [7, 11) is 1.37. The Hall–Kier alpha value is -1.17. The van der Waals surface area contributed by atoms with Crippen molar-refractivity contribution in [2.75, 3.05) is 19.9 Å². The van der Waals surface area contributed by atoms with Gasteiger partial charge in [0.25, 0.3) is 0 Å². The Labute approximate surface area is 120 Å². The molecule has 1 aromatic carbocycles. The lowest BCUT2D eigenvalue weighted by molar-refractivity contribution is -0.137. The highest BCUT2D eigenvalue weighted by Gasteiger charge is 2.31. The molecule has 6 heteroatoms. The first-order chi connectivity index (χ1) is 9.45. The number of halogens is 3. The van der Waals surface area contributed by atoms with E-state index in [1.807, 2.05) is 6.26 Å². The summed E-state index contributed by atoms with van der Waals surface area (Å²) in [6.45, 7) is 0.736. The second kappa shape index (κ2) is 6.08. The van der Waals surface area contributed by atoms with Crippen LogP contribution in [-0.4, -0.2) is 25.0 Å². The average Bonchev–Trinajstić information content (AvgIpc) is 3.22. The van der Waals surface area contributed by atoms with Crippen molar-refractivity contribution in [2.24, 2.45) is 10.9 Å². The van der Waals surface area contributed by atoms with Gasteiger partial charge in [-0.2, -0.15) is 13.2 Å². The van der Waals surface area contributed by atoms with Gasteiger partial charge in [0.15, 0.2) is 0 Å². The van der Waals surface area contributed by atoms with E-state index in [4.69, 9.17) is 4.74 Å². The summed E-state index contributed by atoms with van der Waals surface area (Å²) in [5.41, 5.74) is -0.0885. The maximum Gasteiger partial charge on any atom is 0.416 e. The van der Waals surface area contributed by atoms with Crippen molar-refractivity contribution in [3.63, 3.8) is 0 Å². The molecule has 20 heavy (non-hydrogen) atoms. The quantitative estimate of drug-likeness (QED) is 0.613. The molecule has 1 saturated carbocycles. The van der Waals surface area contributed by atoms with Gasteiger partial charge in [-0.1, -0.05) is 0 Å². The van der Waals surface area contributed by atoms with E-state index in [1.165, 1.54) is 37.8 Å². The molecule has 0 N–H and O–H groups in total. The lowest BCUT2D eigenvalue weighted by Gasteiger charge is -2.13. The molecule has 0 aliphatic heterocycles. The highest BCUT2D eigenvalue weighted by Crippen LogP contribution is 2.35. The van der Waals surface area contributed by atoms with Gasteiger partial charge in [-0.15, -0.1) is 11.8 Å². The number of ether oxygens (including phenoxy) is 1. The third kappa shape index (κ3) is 3.69. The fourth-order valence-corrected chi connectivity index (χ4v) is 2.41. The molecule has 0 bridgehead atoms. The minimum absolute atomic E-state index is 0.212. The number of hydrogen-bond acceptors (Lipinski definition) is 3. The molecule has 0 spiro atoms. The second-order valence-corrected chi connectivity index (χ2v) is 5.50. The first kappa shape index (κ1) is 15.2. The largest absolute Gasteiger partial charge is 0.496 e. The number of nitrogens with zero attached hydrogens (tertiary/aromatic N) is 1. The third-order valence-electron chi connectivity index (χ3n) is 3.14. The zero-order valence-corrected chi connectivity index (χ0v) is 12.1. The third-order valence-corrected chi connectivity index (χ3v) is 3.88. The summed E-state index contributed by atoms with van der Waals surface area (Å²) in [5.74, 6) is 0.848. The van der Waals surface area contributed by atoms with Crippen LogP contribution >= 0.6 is 11.8 Å². The van der Waals surface area contributed by atoms with E-state index in [1.54, 1.807) is 0 Å². The molecule has 0 heterocycles. The van der Waals surface area contributed by atoms with Gasteiger partial charge in [0.1, 0.15) is 10.8 Å². The van der Waals surface area contributed by atoms with Crippen LogP contribution < -0.4 is 4.74 Å². The van der Waals surface area contributed by atoms with Crippen LogP contribution in [0.15, 0.2) is 23.2 Å². The lowest BCUT2D eigenvalue weighted by atomic mass is 10.1. The zero-order valence-electron chi connectivity index (χ0n) is 11.3. The van der Waals surface area contributed by atoms with Crippen LogP contribution in [0.3, 0.4) is 0 Å². The number of hydrogen-bond donors (Lipinski definition) is 0. The SMILES string of the molecule is COc1cc(C(F)(F)F)ccc1C(=NCC1CC1)SC. The molecular weight excluding hydrogens is 287 g/mol. The fourth-order valence-electron chi connectivity index (χ4n) is 1.82. The molecule has 2 rings (SSSR count). The second-order valence-electron chi connectivity index (χ2n) is 4.71. The maximum atomic E-state index is 12.7. The summed E-state index contributed by atoms with van der Waals surface area (Å²) in [6, 6.07) is 3.53. The monoisotopic (exact) mass is 303 g/mol. The number of benzene rings is 1. The minimum atomic E-state index is -4.36. The predicted octanol–water partition coefficient (Wildman–Crippen LogP) is 4.23. The van der Waals surface area contributed by atoms with Gasteiger partial charge >= 0.3 is 6.18 Å². The number of aliphatic imine (C=N–C) groups is 1. The van der Waals surface area contributed by atoms with Gasteiger partial charge in [-0.25, -0.2) is 0 Å². The van der Waals surface area contributed by atoms with Crippen molar-refractivity contribution in [3.05, 3.63) is 29.3 Å². The smallest absolute Gasteiger partial charge is 0.416 e. The summed E-state index contributed by atoms with van der Waals surface area (Å²) in [5, 5.41) is 0.725. The van der Waals surface area contributed by atoms with Gasteiger partial charge in [-0.3, -0.25) is 4.99 Å². The predicted molar refractivity (Wildman–Crippen MR) is 75.6 cm³/mol. The number of thioether (sulfide) groups is 1. The van der Waals surface area contributed by atoms with E-state index >= 15 is 0 Å². The topological polar surface area (TPSA) is 21.6 Å². The van der Waals surface area contributed by atoms with Crippen LogP contribution in [0.4, 0.5) is 13.2 Å². The lowest BCUT2D eigenvalue weighted by Crippen LogP contribution is -2.08. The van der Waals surface area contributed by atoms with Crippen molar-refractivity contribution in [3.8, 4) is 5.75 Å². The van der Waals surface area contributed by atoms with Crippen LogP contribution in [-0.2, 0) is 6.18 Å². The van der Waals surface area contributed by atoms with Crippen molar-refractivity contribution in [1.29, 1.82) is 0 Å². The molecule has 0 atom stereocenters. The summed E-state index contributed by atoms with van der Waals surface area (Å²) < 4.78 is 43.2. The maximum absolute atomic E-state index is 12.7. The van der Waals surface area contributed by atoms with Crippen LogP contribution in [0.2, 0.25) is 0 Å². The van der Waals surface area contributed by atoms with Gasteiger partial charge in [-0.05, 0) is 43.2 Å². The summed E-state index contributed by atoms with van der Waals surface area (Å²) in [4.78, 5) is 4.49. The van der Waals surface area contributed by atoms with Crippen molar-refractivity contribution < 1.29 is 17.9 Å². The van der Waals surface area contributed by atoms with Crippen LogP contribution in [0.1, 0.15) is 24.0 Å². The first-order valence-corrected chi connectivity index (χ1v) is 7.52. The number of rotatable bonds is 4. The standard InChI is InChI=1S/C14H16F3NOS/c1-19-12-7-10(14(15,16)17)5-6-11(12)13(20-2)18-8-9-3-4-9/h5-7,9H,3-4,8H2,1-2H3. The normalized spacial score (nSPS) is 16.4. The molecule has 2 nitrogen and oxygen atoms in total. The summed E-state index contributed by atoms with van der Waals surface area (Å²) in [6.07, 6.45) is -0.121. The van der Waals surface area contributed by atoms with Crippen LogP contribution in [0.5, 0.6) is 5.75 Å². The van der Waals surface area contributed by atoms with Gasteiger partial charge in [0.2, 0.25) is 0 Å². The molecule has 0 amide bonds. The molecule has 1 aliphatic rings. The number of methoxy groups -OCH3 is 1. The Bertz CT molecular complexity index is 510. The molecule has 110 valence electrons. The van der Waals surface area contributed by atoms with Crippen molar-refractivity contribution >= 4 is 16.8 Å². The van der Waals surface area contributed by atoms with E-state index in [0.29, 0.717) is 11.5 Å². The van der Waals surface area contributed by atoms with Crippen molar-refractivity contribution in [2.45, 2.75) is 19.0 Å². The highest BCUT2D eigenvalue weighted by atomic mass is 32.2. The van der Waals surface area contributed by atoms with E-state index in [2.05, 4.69) is 4.99 Å². The molecule has 0 aromatic heterocycles. The first-order valence-electron chi connectivity index (χ1n) is 6.29. The molecule has 0 saturated heterocycles. The molecular formula is C14H16F3NOS. The highest BCUT2D eigenvalue weighted by molar-refractivity contribution is 8.13. The van der Waals surface area contributed by atoms with Crippen molar-refractivity contribution in [1.82, 2.24) is 0 Å². The summed E-state index contributed by atoms with van der Waals surface area (Å²) >= 11 is 1.42. The van der Waals surface area contributed by atoms with E-state index < -0.39 is 11.7 Å². The van der Waals surface area contributed by atoms with E-state index in [-0.39, 0.29) is 5.75 Å². The van der Waals surface area contributed by atoms with E-state index in [0.717, 1.165) is 23.7 Å². The molecule has 0 radical (unpaired) electrons. The minimum Gasteiger partial charge on any atom is -0.496 e. The Morgan fingerprint density at radius 3 is 2.60 bits per heavy atom. The Balaban J connectivity index is 2.31. The Morgan fingerprint density at radius 2 is 2.10 bits per heavy atom. The van der Waals surface area contributed by atoms with Gasteiger partial charge < -0.3 is 4.74 Å². The Morgan fingerprint density at radius 1 is 1.40 bits per heavy atom.